The Bertz CT molecular complexity index is 561. The Labute approximate surface area is 141 Å². The van der Waals surface area contributed by atoms with Gasteiger partial charge in [-0.25, -0.2) is 0 Å². The van der Waals surface area contributed by atoms with Crippen LogP contribution in [0.2, 0.25) is 0 Å². The second-order valence-corrected chi connectivity index (χ2v) is 5.97. The molecule has 1 heterocycles. The Morgan fingerprint density at radius 1 is 1.30 bits per heavy atom. The zero-order valence-electron chi connectivity index (χ0n) is 12.9. The van der Waals surface area contributed by atoms with Gasteiger partial charge in [0.25, 0.3) is 5.91 Å². The Balaban J connectivity index is 0.00000192. The maximum atomic E-state index is 11.4. The molecule has 3 rings (SSSR count). The fraction of sp³-hybridized carbons (Fsp3) is 0.562. The number of benzene rings is 1. The number of carbonyl (C=O) groups is 1. The highest BCUT2D eigenvalue weighted by Gasteiger charge is 2.26. The third-order valence-electron chi connectivity index (χ3n) is 4.34. The maximum Gasteiger partial charge on any atom is 0.262 e. The van der Waals surface area contributed by atoms with E-state index in [0.29, 0.717) is 23.9 Å². The van der Waals surface area contributed by atoms with Gasteiger partial charge in [0.15, 0.2) is 12.4 Å². The molecule has 0 radical (unpaired) electrons. The summed E-state index contributed by atoms with van der Waals surface area (Å²) in [6.07, 6.45) is 5.31. The molecule has 4 N–H and O–H groups in total. The first-order valence-electron chi connectivity index (χ1n) is 7.85. The molecule has 128 valence electrons. The minimum absolute atomic E-state index is 0. The molecule has 0 spiro atoms. The number of rotatable bonds is 4. The average Bonchev–Trinajstić information content (AvgIpc) is 2.54. The van der Waals surface area contributed by atoms with E-state index in [2.05, 4.69) is 10.6 Å². The average molecular weight is 343 g/mol. The van der Waals surface area contributed by atoms with Gasteiger partial charge in [-0.1, -0.05) is 19.3 Å². The van der Waals surface area contributed by atoms with Gasteiger partial charge in [0.05, 0.1) is 6.10 Å². The zero-order chi connectivity index (χ0) is 15.5. The number of carbonyl (C=O) groups excluding carboxylic acids is 1. The summed E-state index contributed by atoms with van der Waals surface area (Å²) in [7, 11) is 0. The minimum atomic E-state index is -0.744. The Kier molecular flexibility index (Phi) is 6.10. The van der Waals surface area contributed by atoms with Gasteiger partial charge in [-0.05, 0) is 25.0 Å². The van der Waals surface area contributed by atoms with Crippen molar-refractivity contribution in [2.24, 2.45) is 0 Å². The molecule has 1 atom stereocenters. The third-order valence-corrected chi connectivity index (χ3v) is 4.34. The van der Waals surface area contributed by atoms with Crippen LogP contribution in [0.25, 0.3) is 0 Å². The van der Waals surface area contributed by atoms with Crippen LogP contribution in [0.3, 0.4) is 0 Å². The van der Waals surface area contributed by atoms with Crippen LogP contribution in [-0.2, 0) is 4.79 Å². The molecule has 1 amide bonds. The van der Waals surface area contributed by atoms with Gasteiger partial charge in [0, 0.05) is 18.2 Å². The summed E-state index contributed by atoms with van der Waals surface area (Å²) in [5, 5.41) is 26.2. The van der Waals surface area contributed by atoms with Crippen molar-refractivity contribution in [2.75, 3.05) is 18.5 Å². The number of fused-ring (bicyclic) bond motifs is 1. The molecule has 1 aliphatic carbocycles. The number of nitrogens with one attached hydrogen (secondary N) is 2. The lowest BCUT2D eigenvalue weighted by Gasteiger charge is -2.26. The molecule has 1 saturated carbocycles. The molecule has 0 saturated heterocycles. The van der Waals surface area contributed by atoms with E-state index in [1.54, 1.807) is 6.07 Å². The lowest BCUT2D eigenvalue weighted by molar-refractivity contribution is -0.118. The summed E-state index contributed by atoms with van der Waals surface area (Å²) in [6.45, 7) is 0.325. The molecule has 0 bridgehead atoms. The van der Waals surface area contributed by atoms with Gasteiger partial charge < -0.3 is 25.6 Å². The summed E-state index contributed by atoms with van der Waals surface area (Å²) in [4.78, 5) is 11.4. The van der Waals surface area contributed by atoms with Crippen LogP contribution < -0.4 is 15.4 Å². The molecule has 1 unspecified atom stereocenters. The van der Waals surface area contributed by atoms with E-state index in [9.17, 15) is 15.0 Å². The van der Waals surface area contributed by atoms with Crippen LogP contribution in [0.5, 0.6) is 11.5 Å². The van der Waals surface area contributed by atoms with E-state index in [1.807, 2.05) is 0 Å². The van der Waals surface area contributed by atoms with E-state index in [1.165, 1.54) is 25.3 Å². The maximum absolute atomic E-state index is 11.4. The zero-order valence-corrected chi connectivity index (χ0v) is 13.7. The summed E-state index contributed by atoms with van der Waals surface area (Å²) < 4.78 is 5.40. The normalized spacial score (nSPS) is 19.1. The number of amides is 1. The molecule has 1 aliphatic heterocycles. The predicted molar refractivity (Wildman–Crippen MR) is 89.3 cm³/mol. The van der Waals surface area contributed by atoms with Crippen LogP contribution in [0.1, 0.15) is 43.8 Å². The Hall–Kier alpha value is -1.50. The second-order valence-electron chi connectivity index (χ2n) is 5.97. The van der Waals surface area contributed by atoms with Crippen molar-refractivity contribution in [2.45, 2.75) is 44.2 Å². The molecule has 1 fully saturated rings. The van der Waals surface area contributed by atoms with E-state index >= 15 is 0 Å². The summed E-state index contributed by atoms with van der Waals surface area (Å²) in [6, 6.07) is 3.56. The second kappa shape index (κ2) is 7.86. The molecule has 6 nitrogen and oxygen atoms in total. The summed E-state index contributed by atoms with van der Waals surface area (Å²) in [5.74, 6) is -0.00782. The first kappa shape index (κ1) is 17.8. The number of aliphatic hydroxyl groups is 1. The fourth-order valence-electron chi connectivity index (χ4n) is 3.14. The topological polar surface area (TPSA) is 90.8 Å². The van der Waals surface area contributed by atoms with Gasteiger partial charge in [0.1, 0.15) is 11.4 Å². The standard InChI is InChI=1S/C16H22N2O4.ClH/c19-12-7-6-11(16-15(12)18-14(21)9-22-16)13(20)8-17-10-4-2-1-3-5-10;/h6-7,10,13,17,19-20H,1-5,8-9H2,(H,18,21);1H. The van der Waals surface area contributed by atoms with Crippen molar-refractivity contribution < 1.29 is 19.7 Å². The van der Waals surface area contributed by atoms with E-state index < -0.39 is 6.10 Å². The molecule has 1 aromatic rings. The number of aliphatic hydroxyl groups excluding tert-OH is 1. The monoisotopic (exact) mass is 342 g/mol. The lowest BCUT2D eigenvalue weighted by Crippen LogP contribution is -2.34. The van der Waals surface area contributed by atoms with Gasteiger partial charge in [-0.2, -0.15) is 0 Å². The number of hydrogen-bond donors (Lipinski definition) is 4. The van der Waals surface area contributed by atoms with Crippen LogP contribution in [-0.4, -0.2) is 35.3 Å². The highest BCUT2D eigenvalue weighted by Crippen LogP contribution is 2.41. The van der Waals surface area contributed by atoms with E-state index in [4.69, 9.17) is 4.74 Å². The number of halogens is 1. The van der Waals surface area contributed by atoms with Gasteiger partial charge in [-0.3, -0.25) is 4.79 Å². The molecular weight excluding hydrogens is 320 g/mol. The van der Waals surface area contributed by atoms with Gasteiger partial charge >= 0.3 is 0 Å². The first-order valence-corrected chi connectivity index (χ1v) is 7.85. The number of anilines is 1. The van der Waals surface area contributed by atoms with Crippen LogP contribution in [0, 0.1) is 0 Å². The van der Waals surface area contributed by atoms with Crippen molar-refractivity contribution in [1.29, 1.82) is 0 Å². The van der Waals surface area contributed by atoms with Crippen molar-refractivity contribution in [3.63, 3.8) is 0 Å². The third kappa shape index (κ3) is 4.07. The van der Waals surface area contributed by atoms with Crippen molar-refractivity contribution in [3.05, 3.63) is 17.7 Å². The molecule has 7 heteroatoms. The van der Waals surface area contributed by atoms with E-state index in [-0.39, 0.29) is 36.4 Å². The van der Waals surface area contributed by atoms with Crippen molar-refractivity contribution in [1.82, 2.24) is 5.32 Å². The molecular formula is C16H23ClN2O4. The van der Waals surface area contributed by atoms with Gasteiger partial charge in [-0.15, -0.1) is 12.4 Å². The molecule has 2 aliphatic rings. The van der Waals surface area contributed by atoms with Crippen LogP contribution in [0.4, 0.5) is 5.69 Å². The SMILES string of the molecule is Cl.O=C1COc2c(C(O)CNC3CCCCC3)ccc(O)c2N1. The number of phenolic OH excluding ortho intramolecular Hbond substituents is 1. The highest BCUT2D eigenvalue weighted by molar-refractivity contribution is 5.97. The number of ether oxygens (including phenoxy) is 1. The Morgan fingerprint density at radius 3 is 2.78 bits per heavy atom. The number of phenols is 1. The molecule has 1 aromatic carbocycles. The summed E-state index contributed by atoms with van der Waals surface area (Å²) in [5.41, 5.74) is 0.821. The van der Waals surface area contributed by atoms with Gasteiger partial charge in [0.2, 0.25) is 0 Å². The van der Waals surface area contributed by atoms with E-state index in [0.717, 1.165) is 12.8 Å². The Morgan fingerprint density at radius 2 is 2.04 bits per heavy atom. The molecule has 23 heavy (non-hydrogen) atoms. The van der Waals surface area contributed by atoms with Crippen molar-refractivity contribution in [3.8, 4) is 11.5 Å². The van der Waals surface area contributed by atoms with Crippen molar-refractivity contribution >= 4 is 24.0 Å². The number of hydrogen-bond acceptors (Lipinski definition) is 5. The van der Waals surface area contributed by atoms with Crippen LogP contribution in [0.15, 0.2) is 12.1 Å². The highest BCUT2D eigenvalue weighted by atomic mass is 35.5. The first-order chi connectivity index (χ1) is 10.6. The molecule has 0 aromatic heterocycles. The lowest BCUT2D eigenvalue weighted by atomic mass is 9.95. The summed E-state index contributed by atoms with van der Waals surface area (Å²) >= 11 is 0. The predicted octanol–water partition coefficient (Wildman–Crippen LogP) is 2.10. The largest absolute Gasteiger partial charge is 0.506 e. The smallest absolute Gasteiger partial charge is 0.262 e. The quantitative estimate of drug-likeness (QED) is 0.629. The fourth-order valence-corrected chi connectivity index (χ4v) is 3.14. The van der Waals surface area contributed by atoms with Crippen LogP contribution >= 0.6 is 12.4 Å². The number of aromatic hydroxyl groups is 1. The minimum Gasteiger partial charge on any atom is -0.506 e.